The molecule has 0 atom stereocenters. The van der Waals surface area contributed by atoms with Crippen molar-refractivity contribution in [1.82, 2.24) is 9.13 Å². The molecule has 0 saturated heterocycles. The van der Waals surface area contributed by atoms with Gasteiger partial charge in [-0.3, -0.25) is 0 Å². The van der Waals surface area contributed by atoms with Gasteiger partial charge in [0.05, 0.1) is 27.8 Å². The van der Waals surface area contributed by atoms with Crippen molar-refractivity contribution in [2.24, 2.45) is 0 Å². The number of aromatic nitrogens is 2. The Morgan fingerprint density at radius 1 is 0.469 bits per heavy atom. The summed E-state index contributed by atoms with van der Waals surface area (Å²) in [7, 11) is 0. The average Bonchev–Trinajstić information content (AvgIpc) is 3.66. The first-order valence-electron chi connectivity index (χ1n) is 17.2. The minimum absolute atomic E-state index is 0.134. The highest BCUT2D eigenvalue weighted by Crippen LogP contribution is 2.44. The predicted octanol–water partition coefficient (Wildman–Crippen LogP) is 9.14. The van der Waals surface area contributed by atoms with Crippen molar-refractivity contribution in [3.05, 3.63) is 163 Å². The zero-order valence-corrected chi connectivity index (χ0v) is 27.3. The fraction of sp³-hybridized carbons (Fsp3) is 0.0667. The Balaban J connectivity index is 1.25. The Morgan fingerprint density at radius 3 is 1.76 bits per heavy atom. The van der Waals surface area contributed by atoms with E-state index in [9.17, 15) is 0 Å². The number of nitrogens with zero attached hydrogens (tertiary/aromatic N) is 2. The van der Waals surface area contributed by atoms with Gasteiger partial charge >= 0.3 is 0 Å². The molecule has 0 radical (unpaired) electrons. The topological polar surface area (TPSA) is 19.1 Å². The Hall–Kier alpha value is -6.00. The van der Waals surface area contributed by atoms with Crippen LogP contribution in [0.4, 0.5) is 0 Å². The summed E-state index contributed by atoms with van der Waals surface area (Å²) in [5.41, 5.74) is 13.5. The molecule has 4 heteroatoms. The van der Waals surface area contributed by atoms with Crippen LogP contribution < -0.4 is 21.1 Å². The largest absolute Gasteiger partial charge is 0.458 e. The molecule has 7 aromatic carbocycles. The van der Waals surface area contributed by atoms with Crippen molar-refractivity contribution in [2.45, 2.75) is 19.3 Å². The van der Waals surface area contributed by atoms with Gasteiger partial charge in [-0.2, -0.15) is 0 Å². The van der Waals surface area contributed by atoms with E-state index in [1.807, 2.05) is 0 Å². The SMILES string of the molecule is CC1(C)c2ccccc2B2c3ccccc3Oc3cc(-n4c5ccccc5c5c6c7ccccc7n(-c7ccccc7)c6ccc54)cc1c32. The summed E-state index contributed by atoms with van der Waals surface area (Å²) in [5.74, 6) is 1.89. The second-order valence-corrected chi connectivity index (χ2v) is 14.1. The highest BCUT2D eigenvalue weighted by Gasteiger charge is 2.45. The number of hydrogen-bond acceptors (Lipinski definition) is 1. The van der Waals surface area contributed by atoms with Crippen molar-refractivity contribution in [3.63, 3.8) is 0 Å². The molecule has 230 valence electrons. The van der Waals surface area contributed by atoms with Crippen LogP contribution in [0.1, 0.15) is 25.0 Å². The van der Waals surface area contributed by atoms with Crippen molar-refractivity contribution in [2.75, 3.05) is 0 Å². The third-order valence-corrected chi connectivity index (χ3v) is 11.2. The van der Waals surface area contributed by atoms with Gasteiger partial charge in [0.1, 0.15) is 11.5 Å². The van der Waals surface area contributed by atoms with Crippen LogP contribution in [0.2, 0.25) is 0 Å². The van der Waals surface area contributed by atoms with E-state index in [4.69, 9.17) is 4.74 Å². The maximum atomic E-state index is 6.86. The van der Waals surface area contributed by atoms with Gasteiger partial charge in [0.2, 0.25) is 0 Å². The molecule has 0 fully saturated rings. The predicted molar refractivity (Wildman–Crippen MR) is 205 cm³/mol. The molecule has 3 nitrogen and oxygen atoms in total. The molecule has 2 aromatic heterocycles. The monoisotopic (exact) mass is 626 g/mol. The summed E-state index contributed by atoms with van der Waals surface area (Å²) in [4.78, 5) is 0. The Bertz CT molecular complexity index is 2840. The fourth-order valence-electron chi connectivity index (χ4n) is 9.16. The van der Waals surface area contributed by atoms with Crippen LogP contribution in [0.15, 0.2) is 152 Å². The number of hydrogen-bond donors (Lipinski definition) is 0. The molecule has 0 aliphatic carbocycles. The zero-order chi connectivity index (χ0) is 32.4. The number of fused-ring (bicyclic) bond motifs is 11. The van der Waals surface area contributed by atoms with Crippen LogP contribution >= 0.6 is 0 Å². The third-order valence-electron chi connectivity index (χ3n) is 11.2. The lowest BCUT2D eigenvalue weighted by molar-refractivity contribution is 0.484. The van der Waals surface area contributed by atoms with Crippen LogP contribution in [-0.2, 0) is 5.41 Å². The summed E-state index contributed by atoms with van der Waals surface area (Å²) >= 11 is 0. The smallest absolute Gasteiger partial charge is 0.251 e. The summed E-state index contributed by atoms with van der Waals surface area (Å²) in [6.45, 7) is 4.88. The van der Waals surface area contributed by atoms with Crippen LogP contribution in [0, 0.1) is 0 Å². The van der Waals surface area contributed by atoms with E-state index in [2.05, 4.69) is 175 Å². The number of benzene rings is 7. The normalized spacial score (nSPS) is 14.2. The first kappa shape index (κ1) is 27.0. The van der Waals surface area contributed by atoms with Gasteiger partial charge in [-0.15, -0.1) is 0 Å². The van der Waals surface area contributed by atoms with Gasteiger partial charge in [-0.25, -0.2) is 0 Å². The van der Waals surface area contributed by atoms with Gasteiger partial charge in [0, 0.05) is 38.7 Å². The first-order valence-corrected chi connectivity index (χ1v) is 17.2. The number of ether oxygens (including phenoxy) is 1. The van der Waals surface area contributed by atoms with E-state index in [1.54, 1.807) is 0 Å². The Labute approximate surface area is 284 Å². The Kier molecular flexibility index (Phi) is 5.26. The summed E-state index contributed by atoms with van der Waals surface area (Å²) in [6, 6.07) is 55.4. The molecule has 2 aliphatic heterocycles. The average molecular weight is 627 g/mol. The molecule has 0 amide bonds. The quantitative estimate of drug-likeness (QED) is 0.175. The maximum absolute atomic E-state index is 6.86. The second kappa shape index (κ2) is 9.55. The fourth-order valence-corrected chi connectivity index (χ4v) is 9.16. The lowest BCUT2D eigenvalue weighted by Gasteiger charge is -2.42. The van der Waals surface area contributed by atoms with Gasteiger partial charge in [-0.05, 0) is 70.6 Å². The standard InChI is InChI=1S/C45H31BN2O/c1-45(2)32-18-8-9-19-34(32)46-35-20-10-13-23-40(35)49-41-27-29(26-33(45)44(41)46)48-37-22-12-7-17-31(37)43-39(48)25-24-38-42(43)30-16-6-11-21-36(30)47(38)28-14-4-3-5-15-28/h3-27H,1-2H3. The van der Waals surface area contributed by atoms with Crippen molar-refractivity contribution in [1.29, 1.82) is 0 Å². The molecule has 11 rings (SSSR count). The van der Waals surface area contributed by atoms with E-state index in [1.165, 1.54) is 76.8 Å². The molecule has 9 aromatic rings. The molecule has 0 N–H and O–H groups in total. The van der Waals surface area contributed by atoms with Crippen LogP contribution in [0.3, 0.4) is 0 Å². The third kappa shape index (κ3) is 3.48. The van der Waals surface area contributed by atoms with E-state index in [0.29, 0.717) is 0 Å². The Morgan fingerprint density at radius 2 is 1.04 bits per heavy atom. The first-order chi connectivity index (χ1) is 24.1. The number of rotatable bonds is 2. The van der Waals surface area contributed by atoms with Crippen LogP contribution in [0.25, 0.3) is 55.0 Å². The maximum Gasteiger partial charge on any atom is 0.251 e. The molecule has 4 heterocycles. The minimum atomic E-state index is -0.210. The second-order valence-electron chi connectivity index (χ2n) is 14.1. The molecular weight excluding hydrogens is 595 g/mol. The van der Waals surface area contributed by atoms with Crippen molar-refractivity contribution in [3.8, 4) is 22.9 Å². The summed E-state index contributed by atoms with van der Waals surface area (Å²) < 4.78 is 11.7. The molecule has 2 aliphatic rings. The molecule has 0 saturated carbocycles. The minimum Gasteiger partial charge on any atom is -0.458 e. The van der Waals surface area contributed by atoms with E-state index < -0.39 is 0 Å². The van der Waals surface area contributed by atoms with Gasteiger partial charge in [0.25, 0.3) is 6.71 Å². The van der Waals surface area contributed by atoms with Crippen LogP contribution in [0.5, 0.6) is 11.5 Å². The molecule has 0 unspecified atom stereocenters. The molecule has 0 spiro atoms. The van der Waals surface area contributed by atoms with E-state index in [-0.39, 0.29) is 12.1 Å². The van der Waals surface area contributed by atoms with Crippen molar-refractivity contribution < 1.29 is 4.74 Å². The van der Waals surface area contributed by atoms with Gasteiger partial charge in [0.15, 0.2) is 0 Å². The van der Waals surface area contributed by atoms with E-state index >= 15 is 0 Å². The van der Waals surface area contributed by atoms with E-state index in [0.717, 1.165) is 17.2 Å². The molecule has 49 heavy (non-hydrogen) atoms. The molecular formula is C45H31BN2O. The summed E-state index contributed by atoms with van der Waals surface area (Å²) in [5, 5.41) is 5.07. The van der Waals surface area contributed by atoms with Gasteiger partial charge in [-0.1, -0.05) is 116 Å². The summed E-state index contributed by atoms with van der Waals surface area (Å²) in [6.07, 6.45) is 0. The van der Waals surface area contributed by atoms with Gasteiger partial charge < -0.3 is 13.9 Å². The molecule has 0 bridgehead atoms. The highest BCUT2D eigenvalue weighted by atomic mass is 16.5. The lowest BCUT2D eigenvalue weighted by Crippen LogP contribution is -2.62. The highest BCUT2D eigenvalue weighted by molar-refractivity contribution is 6.98. The zero-order valence-electron chi connectivity index (χ0n) is 27.3. The lowest BCUT2D eigenvalue weighted by atomic mass is 9.30. The van der Waals surface area contributed by atoms with Crippen LogP contribution in [-0.4, -0.2) is 15.8 Å². The van der Waals surface area contributed by atoms with Crippen molar-refractivity contribution >= 4 is 66.7 Å². The number of para-hydroxylation sites is 4.